The van der Waals surface area contributed by atoms with E-state index in [0.717, 1.165) is 4.47 Å². The molecule has 0 aliphatic heterocycles. The molecule has 0 spiro atoms. The molecule has 1 saturated carbocycles. The number of benzene rings is 1. The molecule has 0 saturated heterocycles. The van der Waals surface area contributed by atoms with Crippen molar-refractivity contribution in [2.45, 2.75) is 24.7 Å². The molecule has 1 aromatic rings. The average Bonchev–Trinajstić information content (AvgIpc) is 3.09. The highest BCUT2D eigenvalue weighted by Crippen LogP contribution is 2.36. The van der Waals surface area contributed by atoms with E-state index in [1.807, 2.05) is 0 Å². The second-order valence-corrected chi connectivity index (χ2v) is 7.80. The minimum Gasteiger partial charge on any atom is -0.211 e. The molecule has 1 unspecified atom stereocenters. The van der Waals surface area contributed by atoms with Crippen LogP contribution in [0.1, 0.15) is 19.8 Å². The highest BCUT2D eigenvalue weighted by atomic mass is 79.9. The molecule has 1 fully saturated rings. The summed E-state index contributed by atoms with van der Waals surface area (Å²) in [5.41, 5.74) is 0. The molecule has 1 atom stereocenters. The lowest BCUT2D eigenvalue weighted by Crippen LogP contribution is -2.29. The number of sulfonamides is 1. The van der Waals surface area contributed by atoms with Gasteiger partial charge in [0.1, 0.15) is 4.90 Å². The molecule has 6 heteroatoms. The Morgan fingerprint density at radius 1 is 1.50 bits per heavy atom. The minimum atomic E-state index is -3.51. The Bertz CT molecular complexity index is 543. The molecular formula is C12H15BrClNO2S. The van der Waals surface area contributed by atoms with Gasteiger partial charge in [0.05, 0.1) is 5.02 Å². The quantitative estimate of drug-likeness (QED) is 0.882. The third kappa shape index (κ3) is 3.47. The van der Waals surface area contributed by atoms with Crippen molar-refractivity contribution in [2.24, 2.45) is 11.8 Å². The van der Waals surface area contributed by atoms with Crippen LogP contribution in [0.3, 0.4) is 0 Å². The van der Waals surface area contributed by atoms with Crippen molar-refractivity contribution in [1.29, 1.82) is 0 Å². The zero-order valence-electron chi connectivity index (χ0n) is 9.99. The highest BCUT2D eigenvalue weighted by Gasteiger charge is 2.29. The summed E-state index contributed by atoms with van der Waals surface area (Å²) in [6, 6.07) is 4.77. The third-order valence-electron chi connectivity index (χ3n) is 3.21. The van der Waals surface area contributed by atoms with Crippen LogP contribution in [0.15, 0.2) is 27.6 Å². The summed E-state index contributed by atoms with van der Waals surface area (Å²) in [7, 11) is -3.51. The molecule has 18 heavy (non-hydrogen) atoms. The van der Waals surface area contributed by atoms with E-state index in [2.05, 4.69) is 27.6 Å². The summed E-state index contributed by atoms with van der Waals surface area (Å²) in [5.74, 6) is 1.06. The molecule has 3 nitrogen and oxygen atoms in total. The Labute approximate surface area is 121 Å². The summed E-state index contributed by atoms with van der Waals surface area (Å²) >= 11 is 9.21. The van der Waals surface area contributed by atoms with Crippen LogP contribution in [-0.4, -0.2) is 15.0 Å². The van der Waals surface area contributed by atoms with Crippen LogP contribution >= 0.6 is 27.5 Å². The van der Waals surface area contributed by atoms with Crippen LogP contribution in [0, 0.1) is 11.8 Å². The maximum atomic E-state index is 12.1. The van der Waals surface area contributed by atoms with Crippen LogP contribution < -0.4 is 4.72 Å². The Kier molecular flexibility index (Phi) is 4.36. The Balaban J connectivity index is 2.09. The first-order chi connectivity index (χ1) is 8.40. The smallest absolute Gasteiger partial charge is 0.211 e. The number of halogens is 2. The molecule has 0 heterocycles. The maximum Gasteiger partial charge on any atom is 0.242 e. The van der Waals surface area contributed by atoms with Gasteiger partial charge in [0.25, 0.3) is 0 Å². The largest absolute Gasteiger partial charge is 0.242 e. The van der Waals surface area contributed by atoms with Crippen molar-refractivity contribution < 1.29 is 8.42 Å². The SMILES string of the molecule is CC(CNS(=O)(=O)c1ccc(Br)cc1Cl)C1CC1. The first kappa shape index (κ1) is 14.3. The second kappa shape index (κ2) is 5.49. The average molecular weight is 353 g/mol. The summed E-state index contributed by atoms with van der Waals surface area (Å²) in [6.07, 6.45) is 2.42. The van der Waals surface area contributed by atoms with Gasteiger partial charge in [0, 0.05) is 11.0 Å². The van der Waals surface area contributed by atoms with Gasteiger partial charge in [-0.3, -0.25) is 0 Å². The standard InChI is InChI=1S/C12H15BrClNO2S/c1-8(9-2-3-9)7-15-18(16,17)12-5-4-10(13)6-11(12)14/h4-6,8-9,15H,2-3,7H2,1H3. The first-order valence-corrected chi connectivity index (χ1v) is 8.50. The van der Waals surface area contributed by atoms with E-state index >= 15 is 0 Å². The summed E-state index contributed by atoms with van der Waals surface area (Å²) in [6.45, 7) is 2.54. The Morgan fingerprint density at radius 3 is 2.72 bits per heavy atom. The van der Waals surface area contributed by atoms with Gasteiger partial charge in [-0.2, -0.15) is 0 Å². The summed E-state index contributed by atoms with van der Waals surface area (Å²) < 4.78 is 27.6. The monoisotopic (exact) mass is 351 g/mol. The molecule has 1 N–H and O–H groups in total. The fourth-order valence-corrected chi connectivity index (χ4v) is 4.02. The predicted molar refractivity (Wildman–Crippen MR) is 76.2 cm³/mol. The topological polar surface area (TPSA) is 46.2 Å². The fourth-order valence-electron chi connectivity index (χ4n) is 1.84. The fraction of sp³-hybridized carbons (Fsp3) is 0.500. The third-order valence-corrected chi connectivity index (χ3v) is 5.61. The van der Waals surface area contributed by atoms with Crippen molar-refractivity contribution in [3.8, 4) is 0 Å². The lowest BCUT2D eigenvalue weighted by Gasteiger charge is -2.12. The lowest BCUT2D eigenvalue weighted by molar-refractivity contribution is 0.492. The molecule has 0 aromatic heterocycles. The molecule has 0 radical (unpaired) electrons. The van der Waals surface area contributed by atoms with E-state index in [9.17, 15) is 8.42 Å². The summed E-state index contributed by atoms with van der Waals surface area (Å²) in [4.78, 5) is 0.135. The molecule has 1 aliphatic rings. The normalized spacial score (nSPS) is 17.7. The minimum absolute atomic E-state index is 0.135. The molecule has 0 amide bonds. The van der Waals surface area contributed by atoms with E-state index in [1.54, 1.807) is 12.1 Å². The molecule has 100 valence electrons. The van der Waals surface area contributed by atoms with Crippen LogP contribution in [0.25, 0.3) is 0 Å². The van der Waals surface area contributed by atoms with E-state index in [0.29, 0.717) is 18.4 Å². The van der Waals surface area contributed by atoms with Crippen molar-refractivity contribution in [3.63, 3.8) is 0 Å². The van der Waals surface area contributed by atoms with Gasteiger partial charge in [-0.05, 0) is 42.9 Å². The molecule has 1 aliphatic carbocycles. The van der Waals surface area contributed by atoms with Crippen molar-refractivity contribution >= 4 is 37.6 Å². The van der Waals surface area contributed by atoms with E-state index in [1.165, 1.54) is 18.9 Å². The van der Waals surface area contributed by atoms with E-state index in [4.69, 9.17) is 11.6 Å². The van der Waals surface area contributed by atoms with Gasteiger partial charge in [-0.25, -0.2) is 13.1 Å². The van der Waals surface area contributed by atoms with Crippen LogP contribution in [0.5, 0.6) is 0 Å². The van der Waals surface area contributed by atoms with Crippen molar-refractivity contribution in [1.82, 2.24) is 4.72 Å². The maximum absolute atomic E-state index is 12.1. The van der Waals surface area contributed by atoms with Crippen molar-refractivity contribution in [2.75, 3.05) is 6.54 Å². The van der Waals surface area contributed by atoms with Gasteiger partial charge in [-0.15, -0.1) is 0 Å². The van der Waals surface area contributed by atoms with Crippen LogP contribution in [0.4, 0.5) is 0 Å². The molecule has 1 aromatic carbocycles. The molecule has 2 rings (SSSR count). The van der Waals surface area contributed by atoms with E-state index < -0.39 is 10.0 Å². The second-order valence-electron chi connectivity index (χ2n) is 4.74. The molecular weight excluding hydrogens is 338 g/mol. The first-order valence-electron chi connectivity index (χ1n) is 5.85. The van der Waals surface area contributed by atoms with Gasteiger partial charge in [0.15, 0.2) is 0 Å². The molecule has 0 bridgehead atoms. The zero-order chi connectivity index (χ0) is 13.3. The van der Waals surface area contributed by atoms with Gasteiger partial charge in [0.2, 0.25) is 10.0 Å². The predicted octanol–water partition coefficient (Wildman–Crippen LogP) is 3.43. The number of nitrogens with one attached hydrogen (secondary N) is 1. The summed E-state index contributed by atoms with van der Waals surface area (Å²) in [5, 5.41) is 0.232. The zero-order valence-corrected chi connectivity index (χ0v) is 13.1. The number of rotatable bonds is 5. The van der Waals surface area contributed by atoms with Crippen LogP contribution in [-0.2, 0) is 10.0 Å². The number of hydrogen-bond acceptors (Lipinski definition) is 2. The van der Waals surface area contributed by atoms with Crippen molar-refractivity contribution in [3.05, 3.63) is 27.7 Å². The van der Waals surface area contributed by atoms with Gasteiger partial charge >= 0.3 is 0 Å². The van der Waals surface area contributed by atoms with Crippen LogP contribution in [0.2, 0.25) is 5.02 Å². The van der Waals surface area contributed by atoms with E-state index in [-0.39, 0.29) is 9.92 Å². The highest BCUT2D eigenvalue weighted by molar-refractivity contribution is 9.10. The van der Waals surface area contributed by atoms with Gasteiger partial charge in [-0.1, -0.05) is 34.5 Å². The van der Waals surface area contributed by atoms with Gasteiger partial charge < -0.3 is 0 Å². The Hall–Kier alpha value is -0.100. The Morgan fingerprint density at radius 2 is 2.17 bits per heavy atom. The number of hydrogen-bond donors (Lipinski definition) is 1. The lowest BCUT2D eigenvalue weighted by atomic mass is 10.1.